The van der Waals surface area contributed by atoms with Crippen LogP contribution in [0, 0.1) is 11.7 Å². The van der Waals surface area contributed by atoms with Gasteiger partial charge in [0.25, 0.3) is 0 Å². The molecule has 1 aliphatic heterocycles. The van der Waals surface area contributed by atoms with Crippen LogP contribution in [0.5, 0.6) is 5.88 Å². The molecule has 4 heterocycles. The number of halogens is 2. The molecule has 3 N–H and O–H groups in total. The van der Waals surface area contributed by atoms with Crippen LogP contribution in [0.4, 0.5) is 20.3 Å². The molecule has 0 saturated heterocycles. The van der Waals surface area contributed by atoms with Crippen molar-refractivity contribution in [2.24, 2.45) is 16.6 Å². The maximum atomic E-state index is 15.1. The molecule has 12 heteroatoms. The number of rotatable bonds is 7. The molecular weight excluding hydrogens is 488 g/mol. The van der Waals surface area contributed by atoms with Gasteiger partial charge in [0, 0.05) is 23.4 Å². The van der Waals surface area contributed by atoms with Crippen LogP contribution >= 0.6 is 11.8 Å². The average molecular weight is 510 g/mol. The van der Waals surface area contributed by atoms with Gasteiger partial charge in [0.2, 0.25) is 11.8 Å². The standard InChI is InChI=1S/C24H21F2N7O2S/c1-23(17-9-24(17,12-25)36-22(27)33-23)14-8-13(2-3-15(14)26)31-21-20-16(4-5-29-21)32-18(10-30-20)35-11-19-28-6-7-34-19/h2-8,10,17H,9,11-12H2,1H3,(H2,27,33)(H,29,31)/t17-,23+,24+/m0/s1. The SMILES string of the molecule is C[C@]1(c2cc(Nc3nccc4nc(OCc5ncco5)cnc34)ccc2F)N=C(N)S[C@@]2(CF)C[C@H]21. The van der Waals surface area contributed by atoms with Gasteiger partial charge in [-0.05, 0) is 37.6 Å². The van der Waals surface area contributed by atoms with Crippen molar-refractivity contribution in [2.75, 3.05) is 12.0 Å². The summed E-state index contributed by atoms with van der Waals surface area (Å²) < 4.78 is 39.0. The monoisotopic (exact) mass is 509 g/mol. The van der Waals surface area contributed by atoms with Gasteiger partial charge in [-0.1, -0.05) is 11.8 Å². The van der Waals surface area contributed by atoms with Crippen LogP contribution in [-0.4, -0.2) is 36.5 Å². The van der Waals surface area contributed by atoms with E-state index in [2.05, 4.69) is 30.2 Å². The number of aliphatic imine (C=N–C) groups is 1. The number of fused-ring (bicyclic) bond motifs is 2. The molecule has 4 aromatic rings. The number of benzene rings is 1. The van der Waals surface area contributed by atoms with Crippen molar-refractivity contribution in [3.63, 3.8) is 0 Å². The fraction of sp³-hybridized carbons (Fsp3) is 0.292. The minimum Gasteiger partial charge on any atom is -0.467 e. The highest BCUT2D eigenvalue weighted by atomic mass is 32.2. The van der Waals surface area contributed by atoms with Crippen LogP contribution in [0.25, 0.3) is 11.0 Å². The lowest BCUT2D eigenvalue weighted by atomic mass is 9.85. The topological polar surface area (TPSA) is 124 Å². The zero-order valence-electron chi connectivity index (χ0n) is 19.1. The molecule has 0 spiro atoms. The Kier molecular flexibility index (Phi) is 5.29. The number of nitrogens with one attached hydrogen (secondary N) is 1. The lowest BCUT2D eigenvalue weighted by Gasteiger charge is -2.33. The lowest BCUT2D eigenvalue weighted by molar-refractivity contribution is 0.253. The highest BCUT2D eigenvalue weighted by molar-refractivity contribution is 8.15. The van der Waals surface area contributed by atoms with E-state index in [9.17, 15) is 4.39 Å². The number of hydrogen-bond acceptors (Lipinski definition) is 10. The number of thioether (sulfide) groups is 1. The lowest BCUT2D eigenvalue weighted by Crippen LogP contribution is -2.36. The van der Waals surface area contributed by atoms with Crippen molar-refractivity contribution in [1.82, 2.24) is 19.9 Å². The highest BCUT2D eigenvalue weighted by Crippen LogP contribution is 2.66. The first-order chi connectivity index (χ1) is 17.4. The Labute approximate surface area is 208 Å². The first-order valence-electron chi connectivity index (χ1n) is 11.2. The van der Waals surface area contributed by atoms with Gasteiger partial charge in [0.15, 0.2) is 17.6 Å². The predicted octanol–water partition coefficient (Wildman–Crippen LogP) is 4.48. The van der Waals surface area contributed by atoms with Crippen LogP contribution in [0.2, 0.25) is 0 Å². The van der Waals surface area contributed by atoms with Gasteiger partial charge in [-0.15, -0.1) is 0 Å². The quantitative estimate of drug-likeness (QED) is 0.371. The number of oxazole rings is 1. The van der Waals surface area contributed by atoms with E-state index in [1.807, 2.05) is 6.92 Å². The molecule has 1 saturated carbocycles. The van der Waals surface area contributed by atoms with Crippen molar-refractivity contribution in [1.29, 1.82) is 0 Å². The van der Waals surface area contributed by atoms with E-state index in [1.54, 1.807) is 24.4 Å². The molecule has 1 aromatic carbocycles. The van der Waals surface area contributed by atoms with E-state index >= 15 is 4.39 Å². The third-order valence-corrected chi connectivity index (χ3v) is 7.89. The zero-order chi connectivity index (χ0) is 24.9. The third-order valence-electron chi connectivity index (χ3n) is 6.62. The van der Waals surface area contributed by atoms with Crippen molar-refractivity contribution < 1.29 is 17.9 Å². The molecular formula is C24H21F2N7O2S. The van der Waals surface area contributed by atoms with E-state index in [0.717, 1.165) is 0 Å². The Morgan fingerprint density at radius 1 is 1.25 bits per heavy atom. The summed E-state index contributed by atoms with van der Waals surface area (Å²) in [6, 6.07) is 6.35. The number of hydrogen-bond donors (Lipinski definition) is 2. The molecule has 3 atom stereocenters. The first-order valence-corrected chi connectivity index (χ1v) is 12.0. The Balaban J connectivity index is 1.29. The summed E-state index contributed by atoms with van der Waals surface area (Å²) in [6.45, 7) is 1.40. The molecule has 0 amide bonds. The zero-order valence-corrected chi connectivity index (χ0v) is 19.9. The fourth-order valence-electron chi connectivity index (χ4n) is 4.75. The molecule has 1 aliphatic carbocycles. The molecule has 6 rings (SSSR count). The first kappa shape index (κ1) is 22.7. The normalized spacial score (nSPS) is 24.8. The van der Waals surface area contributed by atoms with Crippen molar-refractivity contribution in [3.8, 4) is 5.88 Å². The van der Waals surface area contributed by atoms with E-state index in [4.69, 9.17) is 14.9 Å². The van der Waals surface area contributed by atoms with Crippen LogP contribution in [0.15, 0.2) is 58.5 Å². The number of alkyl halides is 1. The van der Waals surface area contributed by atoms with Gasteiger partial charge in [-0.2, -0.15) is 0 Å². The van der Waals surface area contributed by atoms with Gasteiger partial charge in [0.1, 0.15) is 24.3 Å². The van der Waals surface area contributed by atoms with Crippen LogP contribution < -0.4 is 15.8 Å². The number of anilines is 2. The van der Waals surface area contributed by atoms with Crippen LogP contribution in [-0.2, 0) is 12.1 Å². The van der Waals surface area contributed by atoms with E-state index < -0.39 is 22.8 Å². The smallest absolute Gasteiger partial charge is 0.233 e. The second-order valence-corrected chi connectivity index (χ2v) is 10.4. The summed E-state index contributed by atoms with van der Waals surface area (Å²) in [7, 11) is 0. The average Bonchev–Trinajstić information content (AvgIpc) is 3.38. The van der Waals surface area contributed by atoms with Crippen LogP contribution in [0.3, 0.4) is 0 Å². The van der Waals surface area contributed by atoms with Gasteiger partial charge >= 0.3 is 0 Å². The summed E-state index contributed by atoms with van der Waals surface area (Å²) in [5.74, 6) is 0.598. The van der Waals surface area contributed by atoms with Gasteiger partial charge in [-0.3, -0.25) is 4.99 Å². The van der Waals surface area contributed by atoms with Crippen molar-refractivity contribution >= 4 is 39.5 Å². The number of aromatic nitrogens is 4. The maximum Gasteiger partial charge on any atom is 0.233 e. The summed E-state index contributed by atoms with van der Waals surface area (Å²) in [5.41, 5.74) is 7.05. The molecule has 3 aromatic heterocycles. The van der Waals surface area contributed by atoms with Crippen molar-refractivity contribution in [3.05, 3.63) is 66.4 Å². The highest BCUT2D eigenvalue weighted by Gasteiger charge is 2.66. The van der Waals surface area contributed by atoms with E-state index in [-0.39, 0.29) is 17.7 Å². The second kappa shape index (κ2) is 8.40. The summed E-state index contributed by atoms with van der Waals surface area (Å²) in [5, 5.41) is 3.47. The minimum atomic E-state index is -0.968. The maximum absolute atomic E-state index is 15.1. The number of nitrogens with zero attached hydrogens (tertiary/aromatic N) is 5. The van der Waals surface area contributed by atoms with Crippen molar-refractivity contribution in [2.45, 2.75) is 30.2 Å². The fourth-order valence-corrected chi connectivity index (χ4v) is 6.08. The summed E-state index contributed by atoms with van der Waals surface area (Å²) in [6.07, 6.45) is 6.66. The van der Waals surface area contributed by atoms with E-state index in [0.29, 0.717) is 46.3 Å². The molecule has 1 fully saturated rings. The molecule has 0 unspecified atom stereocenters. The molecule has 36 heavy (non-hydrogen) atoms. The second-order valence-electron chi connectivity index (χ2n) is 8.92. The van der Waals surface area contributed by atoms with E-state index in [1.165, 1.54) is 36.5 Å². The Bertz CT molecular complexity index is 1480. The van der Waals surface area contributed by atoms with Crippen LogP contribution in [0.1, 0.15) is 24.8 Å². The molecule has 2 aliphatic rings. The molecule has 0 bridgehead atoms. The summed E-state index contributed by atoms with van der Waals surface area (Å²) >= 11 is 1.25. The van der Waals surface area contributed by atoms with Gasteiger partial charge < -0.3 is 20.2 Å². The number of pyridine rings is 1. The molecule has 9 nitrogen and oxygen atoms in total. The Morgan fingerprint density at radius 3 is 2.94 bits per heavy atom. The third kappa shape index (κ3) is 3.81. The minimum absolute atomic E-state index is 0.122. The number of amidine groups is 1. The Morgan fingerprint density at radius 2 is 2.14 bits per heavy atom. The van der Waals surface area contributed by atoms with Gasteiger partial charge in [0.05, 0.1) is 28.2 Å². The molecule has 0 radical (unpaired) electrons. The predicted molar refractivity (Wildman–Crippen MR) is 131 cm³/mol. The Hall–Kier alpha value is -3.80. The summed E-state index contributed by atoms with van der Waals surface area (Å²) in [4.78, 5) is 21.9. The van der Waals surface area contributed by atoms with Gasteiger partial charge in [-0.25, -0.2) is 28.7 Å². The largest absolute Gasteiger partial charge is 0.467 e. The number of ether oxygens (including phenoxy) is 1. The molecule has 184 valence electrons. The number of nitrogens with two attached hydrogens (primary N) is 1.